The van der Waals surface area contributed by atoms with Crippen molar-refractivity contribution in [2.45, 2.75) is 26.8 Å². The van der Waals surface area contributed by atoms with Gasteiger partial charge in [-0.1, -0.05) is 38.1 Å². The van der Waals surface area contributed by atoms with Gasteiger partial charge in [-0.3, -0.25) is 4.79 Å². The summed E-state index contributed by atoms with van der Waals surface area (Å²) in [5.41, 5.74) is 2.50. The zero-order valence-electron chi connectivity index (χ0n) is 13.8. The molecule has 122 valence electrons. The van der Waals surface area contributed by atoms with Gasteiger partial charge in [0.25, 0.3) is 5.91 Å². The van der Waals surface area contributed by atoms with Crippen molar-refractivity contribution in [3.05, 3.63) is 59.7 Å². The number of amides is 1. The Labute approximate surface area is 137 Å². The molecule has 2 rings (SSSR count). The molecule has 0 heterocycles. The van der Waals surface area contributed by atoms with E-state index in [1.165, 1.54) is 0 Å². The number of carbonyl (C=O) groups is 1. The molecule has 0 spiro atoms. The number of anilines is 1. The van der Waals surface area contributed by atoms with E-state index in [9.17, 15) is 4.79 Å². The molecule has 23 heavy (non-hydrogen) atoms. The van der Waals surface area contributed by atoms with E-state index in [1.807, 2.05) is 36.4 Å². The van der Waals surface area contributed by atoms with E-state index in [4.69, 9.17) is 4.74 Å². The van der Waals surface area contributed by atoms with E-state index >= 15 is 0 Å². The van der Waals surface area contributed by atoms with Crippen LogP contribution in [-0.4, -0.2) is 19.1 Å². The van der Waals surface area contributed by atoms with Crippen molar-refractivity contribution >= 4 is 11.6 Å². The SMILES string of the molecule is CCCOc1cccc(C(=O)Nc2ccccc2CNCC)c1. The zero-order valence-corrected chi connectivity index (χ0v) is 13.8. The maximum Gasteiger partial charge on any atom is 0.255 e. The molecule has 2 aromatic rings. The number of nitrogens with one attached hydrogen (secondary N) is 2. The van der Waals surface area contributed by atoms with Crippen molar-refractivity contribution in [3.63, 3.8) is 0 Å². The topological polar surface area (TPSA) is 50.4 Å². The third kappa shape index (κ3) is 5.11. The first-order valence-corrected chi connectivity index (χ1v) is 8.07. The molecule has 0 atom stereocenters. The monoisotopic (exact) mass is 312 g/mol. The molecule has 4 nitrogen and oxygen atoms in total. The summed E-state index contributed by atoms with van der Waals surface area (Å²) in [5, 5.41) is 6.26. The Hall–Kier alpha value is -2.33. The third-order valence-corrected chi connectivity index (χ3v) is 3.40. The summed E-state index contributed by atoms with van der Waals surface area (Å²) in [7, 11) is 0. The first kappa shape index (κ1) is 17.0. The van der Waals surface area contributed by atoms with Gasteiger partial charge >= 0.3 is 0 Å². The number of para-hydroxylation sites is 1. The van der Waals surface area contributed by atoms with Crippen LogP contribution >= 0.6 is 0 Å². The fraction of sp³-hybridized carbons (Fsp3) is 0.316. The van der Waals surface area contributed by atoms with Crippen LogP contribution in [0.4, 0.5) is 5.69 Å². The second-order valence-corrected chi connectivity index (χ2v) is 5.27. The van der Waals surface area contributed by atoms with Gasteiger partial charge in [0.2, 0.25) is 0 Å². The summed E-state index contributed by atoms with van der Waals surface area (Å²) in [5.74, 6) is 0.594. The van der Waals surface area contributed by atoms with Gasteiger partial charge in [-0.15, -0.1) is 0 Å². The van der Waals surface area contributed by atoms with E-state index in [0.717, 1.165) is 36.5 Å². The van der Waals surface area contributed by atoms with Crippen LogP contribution in [0.5, 0.6) is 5.75 Å². The molecule has 2 aromatic carbocycles. The first-order chi connectivity index (χ1) is 11.2. The Bertz CT molecular complexity index is 641. The second kappa shape index (κ2) is 8.96. The first-order valence-electron chi connectivity index (χ1n) is 8.07. The summed E-state index contributed by atoms with van der Waals surface area (Å²) in [6, 6.07) is 15.1. The van der Waals surface area contributed by atoms with Crippen LogP contribution in [0.15, 0.2) is 48.5 Å². The summed E-state index contributed by atoms with van der Waals surface area (Å²) < 4.78 is 5.58. The number of rotatable bonds is 8. The van der Waals surface area contributed by atoms with Gasteiger partial charge in [0.1, 0.15) is 5.75 Å². The molecule has 0 aliphatic heterocycles. The van der Waals surface area contributed by atoms with Crippen LogP contribution in [0.2, 0.25) is 0 Å². The number of hydrogen-bond acceptors (Lipinski definition) is 3. The highest BCUT2D eigenvalue weighted by Gasteiger charge is 2.09. The van der Waals surface area contributed by atoms with E-state index < -0.39 is 0 Å². The molecule has 2 N–H and O–H groups in total. The standard InChI is InChI=1S/C19H24N2O2/c1-3-12-23-17-10-7-9-15(13-17)19(22)21-18-11-6-5-8-16(18)14-20-4-2/h5-11,13,20H,3-4,12,14H2,1-2H3,(H,21,22). The minimum atomic E-state index is -0.129. The van der Waals surface area contributed by atoms with Crippen LogP contribution < -0.4 is 15.4 Å². The van der Waals surface area contributed by atoms with Gasteiger partial charge in [0.05, 0.1) is 6.61 Å². The molecule has 0 radical (unpaired) electrons. The van der Waals surface area contributed by atoms with E-state index in [1.54, 1.807) is 12.1 Å². The van der Waals surface area contributed by atoms with Gasteiger partial charge in [0, 0.05) is 17.8 Å². The minimum Gasteiger partial charge on any atom is -0.494 e. The minimum absolute atomic E-state index is 0.129. The smallest absolute Gasteiger partial charge is 0.255 e. The van der Waals surface area contributed by atoms with Crippen LogP contribution in [0.25, 0.3) is 0 Å². The molecule has 0 fully saturated rings. The Morgan fingerprint density at radius 2 is 1.91 bits per heavy atom. The third-order valence-electron chi connectivity index (χ3n) is 3.40. The average Bonchev–Trinajstić information content (AvgIpc) is 2.59. The highest BCUT2D eigenvalue weighted by molar-refractivity contribution is 6.04. The predicted molar refractivity (Wildman–Crippen MR) is 94.0 cm³/mol. The molecular weight excluding hydrogens is 288 g/mol. The molecule has 0 saturated carbocycles. The number of ether oxygens (including phenoxy) is 1. The normalized spacial score (nSPS) is 10.3. The molecule has 0 aromatic heterocycles. The largest absolute Gasteiger partial charge is 0.494 e. The summed E-state index contributed by atoms with van der Waals surface area (Å²) in [6.07, 6.45) is 0.939. The lowest BCUT2D eigenvalue weighted by Crippen LogP contribution is -2.17. The number of carbonyl (C=O) groups excluding carboxylic acids is 1. The van der Waals surface area contributed by atoms with Crippen molar-refractivity contribution in [2.75, 3.05) is 18.5 Å². The van der Waals surface area contributed by atoms with Crippen molar-refractivity contribution in [3.8, 4) is 5.75 Å². The molecular formula is C19H24N2O2. The number of benzene rings is 2. The molecule has 1 amide bonds. The van der Waals surface area contributed by atoms with Crippen molar-refractivity contribution in [1.29, 1.82) is 0 Å². The molecule has 0 saturated heterocycles. The van der Waals surface area contributed by atoms with E-state index in [-0.39, 0.29) is 5.91 Å². The van der Waals surface area contributed by atoms with E-state index in [2.05, 4.69) is 24.5 Å². The van der Waals surface area contributed by atoms with Crippen LogP contribution in [0.3, 0.4) is 0 Å². The number of hydrogen-bond donors (Lipinski definition) is 2. The maximum absolute atomic E-state index is 12.5. The van der Waals surface area contributed by atoms with Gasteiger partial charge in [0.15, 0.2) is 0 Å². The Balaban J connectivity index is 2.10. The van der Waals surface area contributed by atoms with Gasteiger partial charge < -0.3 is 15.4 Å². The maximum atomic E-state index is 12.5. The second-order valence-electron chi connectivity index (χ2n) is 5.27. The van der Waals surface area contributed by atoms with Gasteiger partial charge in [-0.2, -0.15) is 0 Å². The quantitative estimate of drug-likeness (QED) is 0.778. The van der Waals surface area contributed by atoms with Crippen molar-refractivity contribution in [2.24, 2.45) is 0 Å². The van der Waals surface area contributed by atoms with Crippen LogP contribution in [-0.2, 0) is 6.54 Å². The molecule has 0 aliphatic rings. The highest BCUT2D eigenvalue weighted by atomic mass is 16.5. The van der Waals surface area contributed by atoms with Crippen molar-refractivity contribution in [1.82, 2.24) is 5.32 Å². The summed E-state index contributed by atoms with van der Waals surface area (Å²) >= 11 is 0. The van der Waals surface area contributed by atoms with Crippen LogP contribution in [0.1, 0.15) is 36.2 Å². The van der Waals surface area contributed by atoms with E-state index in [0.29, 0.717) is 12.2 Å². The lowest BCUT2D eigenvalue weighted by Gasteiger charge is -2.12. The fourth-order valence-electron chi connectivity index (χ4n) is 2.20. The van der Waals surface area contributed by atoms with Crippen LogP contribution in [0, 0.1) is 0 Å². The summed E-state index contributed by atoms with van der Waals surface area (Å²) in [6.45, 7) is 6.38. The van der Waals surface area contributed by atoms with Crippen molar-refractivity contribution < 1.29 is 9.53 Å². The predicted octanol–water partition coefficient (Wildman–Crippen LogP) is 3.84. The lowest BCUT2D eigenvalue weighted by molar-refractivity contribution is 0.102. The molecule has 4 heteroatoms. The summed E-state index contributed by atoms with van der Waals surface area (Å²) in [4.78, 5) is 12.5. The lowest BCUT2D eigenvalue weighted by atomic mass is 10.1. The fourth-order valence-corrected chi connectivity index (χ4v) is 2.20. The molecule has 0 bridgehead atoms. The Kier molecular flexibility index (Phi) is 6.63. The molecule has 0 unspecified atom stereocenters. The zero-order chi connectivity index (χ0) is 16.5. The van der Waals surface area contributed by atoms with Gasteiger partial charge in [-0.25, -0.2) is 0 Å². The Morgan fingerprint density at radius 3 is 2.70 bits per heavy atom. The average molecular weight is 312 g/mol. The Morgan fingerprint density at radius 1 is 1.09 bits per heavy atom. The highest BCUT2D eigenvalue weighted by Crippen LogP contribution is 2.18. The molecule has 0 aliphatic carbocycles. The van der Waals surface area contributed by atoms with Gasteiger partial charge in [-0.05, 0) is 42.8 Å².